The van der Waals surface area contributed by atoms with E-state index in [2.05, 4.69) is 20.9 Å². The van der Waals surface area contributed by atoms with E-state index in [4.69, 9.17) is 0 Å². The standard InChI is InChI=1S/C16H16N4O2/c1-11-3-7-13(8-4-11)17-15(21)19-20-16(22)18-14-9-5-12(2)6-10-14/h3-10H,1-2H3,(H,17,21)(H,18,22). The molecule has 0 bridgehead atoms. The SMILES string of the molecule is Cc1ccc(NC(=O)N=NC(=O)Nc2ccc(C)cc2)cc1. The number of anilines is 2. The molecule has 0 radical (unpaired) electrons. The van der Waals surface area contributed by atoms with Crippen LogP contribution >= 0.6 is 0 Å². The highest BCUT2D eigenvalue weighted by Crippen LogP contribution is 2.10. The second kappa shape index (κ2) is 7.12. The van der Waals surface area contributed by atoms with Crippen LogP contribution in [0.1, 0.15) is 11.1 Å². The van der Waals surface area contributed by atoms with E-state index < -0.39 is 12.1 Å². The number of azo groups is 1. The quantitative estimate of drug-likeness (QED) is 0.799. The molecule has 0 fully saturated rings. The molecule has 22 heavy (non-hydrogen) atoms. The van der Waals surface area contributed by atoms with Crippen LogP contribution in [0.25, 0.3) is 0 Å². The van der Waals surface area contributed by atoms with Gasteiger partial charge in [-0.2, -0.15) is 0 Å². The Morgan fingerprint density at radius 1 is 0.682 bits per heavy atom. The average Bonchev–Trinajstić information content (AvgIpc) is 2.50. The monoisotopic (exact) mass is 296 g/mol. The normalized spacial score (nSPS) is 10.5. The van der Waals surface area contributed by atoms with Crippen LogP contribution in [0.4, 0.5) is 21.0 Å². The molecule has 0 spiro atoms. The molecular weight excluding hydrogens is 280 g/mol. The van der Waals surface area contributed by atoms with Gasteiger partial charge in [-0.1, -0.05) is 45.6 Å². The van der Waals surface area contributed by atoms with Crippen LogP contribution in [-0.4, -0.2) is 12.1 Å². The molecule has 0 saturated heterocycles. The van der Waals surface area contributed by atoms with Crippen LogP contribution in [0.5, 0.6) is 0 Å². The first-order valence-electron chi connectivity index (χ1n) is 6.70. The van der Waals surface area contributed by atoms with E-state index in [1.807, 2.05) is 38.1 Å². The van der Waals surface area contributed by atoms with Crippen LogP contribution in [0, 0.1) is 13.8 Å². The number of carbonyl (C=O) groups excluding carboxylic acids is 2. The summed E-state index contributed by atoms with van der Waals surface area (Å²) in [4.78, 5) is 23.1. The Morgan fingerprint density at radius 3 is 1.32 bits per heavy atom. The molecule has 0 unspecified atom stereocenters. The van der Waals surface area contributed by atoms with Gasteiger partial charge in [0.25, 0.3) is 0 Å². The highest BCUT2D eigenvalue weighted by atomic mass is 16.2. The number of hydrogen-bond acceptors (Lipinski definition) is 2. The average molecular weight is 296 g/mol. The number of rotatable bonds is 2. The first-order chi connectivity index (χ1) is 10.5. The Labute approximate surface area is 128 Å². The number of nitrogens with zero attached hydrogens (tertiary/aromatic N) is 2. The van der Waals surface area contributed by atoms with Gasteiger partial charge in [0.2, 0.25) is 0 Å². The van der Waals surface area contributed by atoms with Gasteiger partial charge in [-0.25, -0.2) is 9.59 Å². The van der Waals surface area contributed by atoms with Gasteiger partial charge in [0.15, 0.2) is 0 Å². The van der Waals surface area contributed by atoms with Crippen molar-refractivity contribution in [3.8, 4) is 0 Å². The molecule has 6 nitrogen and oxygen atoms in total. The predicted octanol–water partition coefficient (Wildman–Crippen LogP) is 4.52. The Morgan fingerprint density at radius 2 is 1.00 bits per heavy atom. The third kappa shape index (κ3) is 4.82. The molecule has 0 heterocycles. The fraction of sp³-hybridized carbons (Fsp3) is 0.125. The fourth-order valence-corrected chi connectivity index (χ4v) is 1.66. The zero-order chi connectivity index (χ0) is 15.9. The van der Waals surface area contributed by atoms with Crippen molar-refractivity contribution < 1.29 is 9.59 Å². The van der Waals surface area contributed by atoms with Crippen LogP contribution in [0.2, 0.25) is 0 Å². The summed E-state index contributed by atoms with van der Waals surface area (Å²) < 4.78 is 0. The first-order valence-corrected chi connectivity index (χ1v) is 6.70. The highest BCUT2D eigenvalue weighted by Gasteiger charge is 2.03. The minimum Gasteiger partial charge on any atom is -0.305 e. The van der Waals surface area contributed by atoms with E-state index in [1.165, 1.54) is 0 Å². The number of hydrogen-bond donors (Lipinski definition) is 2. The number of urea groups is 2. The maximum atomic E-state index is 11.5. The summed E-state index contributed by atoms with van der Waals surface area (Å²) in [6.07, 6.45) is 0. The summed E-state index contributed by atoms with van der Waals surface area (Å²) in [5.41, 5.74) is 3.34. The molecule has 0 aliphatic carbocycles. The molecular formula is C16H16N4O2. The Balaban J connectivity index is 1.87. The molecule has 4 amide bonds. The minimum absolute atomic E-state index is 0.591. The predicted molar refractivity (Wildman–Crippen MR) is 85.3 cm³/mol. The first kappa shape index (κ1) is 15.4. The summed E-state index contributed by atoms with van der Waals surface area (Å²) in [6.45, 7) is 3.89. The van der Waals surface area contributed by atoms with Crippen molar-refractivity contribution >= 4 is 23.4 Å². The molecule has 112 valence electrons. The third-order valence-corrected chi connectivity index (χ3v) is 2.84. The van der Waals surface area contributed by atoms with Crippen molar-refractivity contribution in [2.24, 2.45) is 10.2 Å². The number of nitrogens with one attached hydrogen (secondary N) is 2. The van der Waals surface area contributed by atoms with Crippen LogP contribution in [0.15, 0.2) is 58.8 Å². The highest BCUT2D eigenvalue weighted by molar-refractivity contribution is 5.93. The van der Waals surface area contributed by atoms with Crippen LogP contribution in [0.3, 0.4) is 0 Å². The molecule has 0 aromatic heterocycles. The van der Waals surface area contributed by atoms with Crippen LogP contribution in [-0.2, 0) is 0 Å². The minimum atomic E-state index is -0.706. The number of aryl methyl sites for hydroxylation is 2. The Kier molecular flexibility index (Phi) is 4.98. The van der Waals surface area contributed by atoms with Gasteiger partial charge in [0.05, 0.1) is 0 Å². The molecule has 0 atom stereocenters. The molecule has 2 N–H and O–H groups in total. The molecule has 6 heteroatoms. The van der Waals surface area contributed by atoms with Crippen molar-refractivity contribution in [1.82, 2.24) is 0 Å². The molecule has 2 rings (SSSR count). The fourth-order valence-electron chi connectivity index (χ4n) is 1.66. The lowest BCUT2D eigenvalue weighted by molar-refractivity contribution is 0.252. The van der Waals surface area contributed by atoms with Gasteiger partial charge < -0.3 is 10.6 Å². The third-order valence-electron chi connectivity index (χ3n) is 2.84. The lowest BCUT2D eigenvalue weighted by atomic mass is 10.2. The van der Waals surface area contributed by atoms with Gasteiger partial charge in [0, 0.05) is 11.4 Å². The maximum absolute atomic E-state index is 11.5. The van der Waals surface area contributed by atoms with Crippen molar-refractivity contribution in [2.45, 2.75) is 13.8 Å². The van der Waals surface area contributed by atoms with Gasteiger partial charge >= 0.3 is 12.1 Å². The van der Waals surface area contributed by atoms with Gasteiger partial charge in [-0.15, -0.1) is 0 Å². The number of benzene rings is 2. The smallest absolute Gasteiger partial charge is 0.305 e. The van der Waals surface area contributed by atoms with E-state index in [0.717, 1.165) is 11.1 Å². The summed E-state index contributed by atoms with van der Waals surface area (Å²) in [5, 5.41) is 11.7. The second-order valence-electron chi connectivity index (χ2n) is 4.79. The zero-order valence-corrected chi connectivity index (χ0v) is 12.3. The summed E-state index contributed by atoms with van der Waals surface area (Å²) in [5.74, 6) is 0. The van der Waals surface area contributed by atoms with E-state index in [9.17, 15) is 9.59 Å². The zero-order valence-electron chi connectivity index (χ0n) is 12.3. The van der Waals surface area contributed by atoms with E-state index in [1.54, 1.807) is 24.3 Å². The van der Waals surface area contributed by atoms with E-state index in [0.29, 0.717) is 11.4 Å². The maximum Gasteiger partial charge on any atom is 0.364 e. The van der Waals surface area contributed by atoms with Gasteiger partial charge in [0.1, 0.15) is 0 Å². The Bertz CT molecular complexity index is 630. The van der Waals surface area contributed by atoms with E-state index in [-0.39, 0.29) is 0 Å². The largest absolute Gasteiger partial charge is 0.364 e. The second-order valence-corrected chi connectivity index (χ2v) is 4.79. The summed E-state index contributed by atoms with van der Waals surface area (Å²) in [7, 11) is 0. The topological polar surface area (TPSA) is 82.9 Å². The molecule has 2 aromatic rings. The van der Waals surface area contributed by atoms with E-state index >= 15 is 0 Å². The van der Waals surface area contributed by atoms with Crippen molar-refractivity contribution in [3.05, 3.63) is 59.7 Å². The van der Waals surface area contributed by atoms with Crippen LogP contribution < -0.4 is 10.6 Å². The lowest BCUT2D eigenvalue weighted by Crippen LogP contribution is -2.09. The lowest BCUT2D eigenvalue weighted by Gasteiger charge is -2.02. The van der Waals surface area contributed by atoms with Gasteiger partial charge in [-0.3, -0.25) is 0 Å². The van der Waals surface area contributed by atoms with Crippen molar-refractivity contribution in [2.75, 3.05) is 10.6 Å². The summed E-state index contributed by atoms with van der Waals surface area (Å²) in [6, 6.07) is 13.0. The molecule has 0 aliphatic rings. The molecule has 0 aliphatic heterocycles. The number of carbonyl (C=O) groups is 2. The summed E-state index contributed by atoms with van der Waals surface area (Å²) >= 11 is 0. The number of amides is 4. The van der Waals surface area contributed by atoms with Crippen molar-refractivity contribution in [3.63, 3.8) is 0 Å². The van der Waals surface area contributed by atoms with Gasteiger partial charge in [-0.05, 0) is 38.1 Å². The molecule has 0 saturated carbocycles. The Hall–Kier alpha value is -3.02. The molecule has 2 aromatic carbocycles. The van der Waals surface area contributed by atoms with Crippen molar-refractivity contribution in [1.29, 1.82) is 0 Å².